The molecule has 0 radical (unpaired) electrons. The Balaban J connectivity index is -0.000000104. The maximum atomic E-state index is 12.1. The Hall–Kier alpha value is -1.19. The van der Waals surface area contributed by atoms with Gasteiger partial charge in [0.2, 0.25) is 0 Å². The minimum atomic E-state index is -5.30. The van der Waals surface area contributed by atoms with Gasteiger partial charge in [0.25, 0.3) is 0 Å². The molecule has 0 aliphatic rings. The molecule has 0 unspecified atom stereocenters. The van der Waals surface area contributed by atoms with Gasteiger partial charge in [-0.25, -0.2) is 4.79 Å². The normalized spacial score (nSPS) is 9.56. The molecule has 12 heteroatoms. The van der Waals surface area contributed by atoms with Crippen molar-refractivity contribution in [2.24, 2.45) is 0 Å². The quantitative estimate of drug-likeness (QED) is 0.0526. The summed E-state index contributed by atoms with van der Waals surface area (Å²) in [6.45, 7) is 2.53. The molecule has 0 spiro atoms. The van der Waals surface area contributed by atoms with Crippen molar-refractivity contribution in [2.75, 3.05) is 13.2 Å². The van der Waals surface area contributed by atoms with Crippen LogP contribution in [-0.4, -0.2) is 31.3 Å². The second-order valence-electron chi connectivity index (χ2n) is 8.11. The average molecular weight is 624 g/mol. The first-order chi connectivity index (χ1) is 18.3. The molecule has 0 aromatic heterocycles. The Labute approximate surface area is 303 Å². The van der Waals surface area contributed by atoms with Crippen LogP contribution in [-0.2, 0) is 28.2 Å². The van der Waals surface area contributed by atoms with Gasteiger partial charge in [0.1, 0.15) is 6.61 Å². The van der Waals surface area contributed by atoms with Crippen LogP contribution < -0.4 is 75.1 Å². The summed E-state index contributed by atoms with van der Waals surface area (Å²) in [6, 6.07) is 0. The van der Waals surface area contributed by atoms with E-state index >= 15 is 0 Å². The summed E-state index contributed by atoms with van der Waals surface area (Å²) in [6.07, 6.45) is 11.2. The van der Waals surface area contributed by atoms with Crippen molar-refractivity contribution in [1.29, 1.82) is 0 Å². The average Bonchev–Trinajstić information content (AvgIpc) is 2.87. The zero-order chi connectivity index (χ0) is 28.3. The van der Waals surface area contributed by atoms with E-state index in [1.54, 1.807) is 6.92 Å². The van der Waals surface area contributed by atoms with Gasteiger partial charge >= 0.3 is 71.1 Å². The first-order valence-electron chi connectivity index (χ1n) is 12.7. The number of carbonyl (C=O) groups excluding carboxylic acids is 2. The van der Waals surface area contributed by atoms with Crippen LogP contribution in [0.5, 0.6) is 0 Å². The zero-order valence-electron chi connectivity index (χ0n) is 24.9. The van der Waals surface area contributed by atoms with Crippen LogP contribution in [0.1, 0.15) is 104 Å². The van der Waals surface area contributed by atoms with Crippen LogP contribution in [0.4, 0.5) is 0 Å². The largest absolute Gasteiger partial charge is 1.00 e. The molecule has 9 nitrogen and oxygen atoms in total. The molecular formula is C29H56NNa2O8P. The van der Waals surface area contributed by atoms with Gasteiger partial charge < -0.3 is 34.5 Å². The monoisotopic (exact) mass is 623 g/mol. The fourth-order valence-electron chi connectivity index (χ4n) is 3.01. The topological polar surface area (TPSA) is 160 Å². The molecule has 0 aromatic rings. The molecule has 0 fully saturated rings. The van der Waals surface area contributed by atoms with Gasteiger partial charge in [-0.1, -0.05) is 77.1 Å². The smallest absolute Gasteiger partial charge is 0.790 e. The van der Waals surface area contributed by atoms with Gasteiger partial charge in [-0.3, -0.25) is 4.79 Å². The molecule has 0 amide bonds. The molecule has 3 N–H and O–H groups in total. The number of phosphoric ester groups is 1. The molecule has 0 rings (SSSR count). The number of unbranched alkanes of at least 4 members (excludes halogenated alkanes) is 10. The summed E-state index contributed by atoms with van der Waals surface area (Å²) in [7, 11) is -5.30. The summed E-state index contributed by atoms with van der Waals surface area (Å²) >= 11 is 0. The number of phosphoric acid groups is 1. The molecule has 0 aromatic carbocycles. The van der Waals surface area contributed by atoms with Crippen molar-refractivity contribution in [2.45, 2.75) is 97.0 Å². The summed E-state index contributed by atoms with van der Waals surface area (Å²) in [5.74, 6) is 22.2. The summed E-state index contributed by atoms with van der Waals surface area (Å²) in [4.78, 5) is 45.4. The van der Waals surface area contributed by atoms with Crippen LogP contribution in [0.25, 0.3) is 0 Å². The first kappa shape index (κ1) is 46.8. The number of rotatable bonds is 18. The van der Waals surface area contributed by atoms with Gasteiger partial charge in [0.05, 0.1) is 14.4 Å². The SMILES string of the molecule is CC#CC#CC#CC#CC#CC(=O)OC[C@H](COP(=O)([O-])[O-])OC(=O)CCCCCCCCCCCCC.N.[HH].[HH].[HH].[HH].[HH].[HH].[HH].[HH].[HH].[Na+].[Na+]. The van der Waals surface area contributed by atoms with Crippen molar-refractivity contribution in [3.63, 3.8) is 0 Å². The van der Waals surface area contributed by atoms with E-state index in [0.717, 1.165) is 19.3 Å². The van der Waals surface area contributed by atoms with E-state index in [-0.39, 0.29) is 84.5 Å². The molecule has 1 atom stereocenters. The van der Waals surface area contributed by atoms with Crippen LogP contribution in [0, 0.1) is 59.2 Å². The van der Waals surface area contributed by atoms with E-state index in [0.29, 0.717) is 6.42 Å². The van der Waals surface area contributed by atoms with Gasteiger partial charge in [-0.2, -0.15) is 0 Å². The first-order valence-corrected chi connectivity index (χ1v) is 14.2. The predicted octanol–water partition coefficient (Wildman–Crippen LogP) is -0.591. The fourth-order valence-corrected chi connectivity index (χ4v) is 3.35. The van der Waals surface area contributed by atoms with Gasteiger partial charge in [0.15, 0.2) is 6.10 Å². The number of hydrogen-bond donors (Lipinski definition) is 1. The Bertz CT molecular complexity index is 1120. The minimum absolute atomic E-state index is 0. The number of carbonyl (C=O) groups is 2. The number of ether oxygens (including phenoxy) is 2. The summed E-state index contributed by atoms with van der Waals surface area (Å²) in [5.41, 5.74) is 0. The van der Waals surface area contributed by atoms with Crippen LogP contribution >= 0.6 is 7.82 Å². The molecule has 0 aliphatic heterocycles. The Kier molecular flexibility index (Phi) is 38.0. The predicted molar refractivity (Wildman–Crippen MR) is 164 cm³/mol. The van der Waals surface area contributed by atoms with Crippen molar-refractivity contribution in [1.82, 2.24) is 6.15 Å². The van der Waals surface area contributed by atoms with Crippen molar-refractivity contribution in [3.05, 3.63) is 0 Å². The third kappa shape index (κ3) is 36.8. The van der Waals surface area contributed by atoms with Crippen molar-refractivity contribution in [3.8, 4) is 59.2 Å². The molecule has 0 heterocycles. The maximum absolute atomic E-state index is 12.1. The summed E-state index contributed by atoms with van der Waals surface area (Å²) in [5, 5.41) is 0. The fraction of sp³-hybridized carbons (Fsp3) is 0.586. The number of esters is 2. The Morgan fingerprint density at radius 3 is 1.71 bits per heavy atom. The number of hydrogen-bond acceptors (Lipinski definition) is 9. The van der Waals surface area contributed by atoms with Crippen molar-refractivity contribution >= 4 is 19.8 Å². The molecular weight excluding hydrogens is 567 g/mol. The van der Waals surface area contributed by atoms with E-state index in [4.69, 9.17) is 9.47 Å². The van der Waals surface area contributed by atoms with Gasteiger partial charge in [-0.05, 0) is 60.7 Å². The standard InChI is InChI=1S/C29H37O8P.H3N.2Na.9H2/c1-3-5-7-9-11-13-14-16-18-20-22-24-29(31)37-27(26-36-38(32,33)34)25-35-28(30)23-21-19-17-15-12-10-8-6-4-2;;;;;;;;;;;;/h27H,3,5,7,9,11,13-14,16,18,20,22,24-26H2,1-2H3,(H2,32,33,34);1H3;;;9*1H/q;;2*+1;;;;;;;;;/p-2/t27-;;;;;;;;;;;;/m1............/s1. The second-order valence-corrected chi connectivity index (χ2v) is 9.27. The third-order valence-electron chi connectivity index (χ3n) is 4.83. The van der Waals surface area contributed by atoms with Crippen LogP contribution in [0.2, 0.25) is 0 Å². The van der Waals surface area contributed by atoms with E-state index in [1.807, 2.05) is 0 Å². The molecule has 0 bridgehead atoms. The minimum Gasteiger partial charge on any atom is -0.790 e. The zero-order valence-corrected chi connectivity index (χ0v) is 29.8. The summed E-state index contributed by atoms with van der Waals surface area (Å²) < 4.78 is 24.9. The Morgan fingerprint density at radius 2 is 1.22 bits per heavy atom. The molecule has 232 valence electrons. The van der Waals surface area contributed by atoms with E-state index in [2.05, 4.69) is 70.7 Å². The van der Waals surface area contributed by atoms with Crippen LogP contribution in [0.15, 0.2) is 0 Å². The maximum Gasteiger partial charge on any atom is 1.00 e. The molecule has 41 heavy (non-hydrogen) atoms. The van der Waals surface area contributed by atoms with E-state index in [1.165, 1.54) is 44.9 Å². The van der Waals surface area contributed by atoms with Crippen LogP contribution in [0.3, 0.4) is 0 Å². The van der Waals surface area contributed by atoms with E-state index < -0.39 is 39.1 Å². The van der Waals surface area contributed by atoms with Gasteiger partial charge in [-0.15, -0.1) is 0 Å². The molecule has 0 aliphatic carbocycles. The van der Waals surface area contributed by atoms with Gasteiger partial charge in [0, 0.05) is 25.2 Å². The van der Waals surface area contributed by atoms with E-state index in [9.17, 15) is 23.9 Å². The molecule has 0 saturated carbocycles. The third-order valence-corrected chi connectivity index (χ3v) is 5.29. The molecule has 0 saturated heterocycles. The second kappa shape index (κ2) is 33.3. The Morgan fingerprint density at radius 1 is 0.756 bits per heavy atom. The van der Waals surface area contributed by atoms with Crippen molar-refractivity contribution < 1.29 is 110 Å².